The third kappa shape index (κ3) is 4.70. The molecule has 1 aromatic heterocycles. The SMILES string of the molecule is COC1CC(NC(=O)c2ccccc2)CC(OC)C1Nc1cc(C)c2ccccc2n1. The summed E-state index contributed by atoms with van der Waals surface area (Å²) in [6.45, 7) is 2.09. The van der Waals surface area contributed by atoms with Crippen LogP contribution in [0, 0.1) is 6.92 Å². The summed E-state index contributed by atoms with van der Waals surface area (Å²) in [5, 5.41) is 7.83. The number of nitrogens with zero attached hydrogens (tertiary/aromatic N) is 1. The number of aromatic nitrogens is 1. The van der Waals surface area contributed by atoms with E-state index in [4.69, 9.17) is 14.5 Å². The van der Waals surface area contributed by atoms with Crippen molar-refractivity contribution in [2.75, 3.05) is 19.5 Å². The number of fused-ring (bicyclic) bond motifs is 1. The molecule has 2 aromatic carbocycles. The van der Waals surface area contributed by atoms with Gasteiger partial charge in [-0.05, 0) is 49.6 Å². The van der Waals surface area contributed by atoms with Gasteiger partial charge in [0.1, 0.15) is 5.82 Å². The van der Waals surface area contributed by atoms with Crippen molar-refractivity contribution in [2.45, 2.75) is 44.1 Å². The minimum Gasteiger partial charge on any atom is -0.379 e. The van der Waals surface area contributed by atoms with Crippen molar-refractivity contribution in [1.29, 1.82) is 0 Å². The van der Waals surface area contributed by atoms with Gasteiger partial charge in [-0.3, -0.25) is 4.79 Å². The first-order valence-electron chi connectivity index (χ1n) is 10.6. The fraction of sp³-hybridized carbons (Fsp3) is 0.360. The zero-order valence-electron chi connectivity index (χ0n) is 18.2. The van der Waals surface area contributed by atoms with Gasteiger partial charge >= 0.3 is 0 Å². The van der Waals surface area contributed by atoms with Crippen molar-refractivity contribution in [3.05, 3.63) is 71.8 Å². The second kappa shape index (κ2) is 9.45. The summed E-state index contributed by atoms with van der Waals surface area (Å²) in [6, 6.07) is 19.3. The van der Waals surface area contributed by atoms with Crippen LogP contribution in [0.25, 0.3) is 10.9 Å². The van der Waals surface area contributed by atoms with Gasteiger partial charge in [-0.25, -0.2) is 4.98 Å². The number of para-hydroxylation sites is 1. The van der Waals surface area contributed by atoms with Crippen molar-refractivity contribution in [3.8, 4) is 0 Å². The monoisotopic (exact) mass is 419 g/mol. The number of carbonyl (C=O) groups is 1. The quantitative estimate of drug-likeness (QED) is 0.633. The van der Waals surface area contributed by atoms with Crippen LogP contribution in [0.5, 0.6) is 0 Å². The number of hydrogen-bond acceptors (Lipinski definition) is 5. The third-order valence-electron chi connectivity index (χ3n) is 6.05. The van der Waals surface area contributed by atoms with E-state index in [1.54, 1.807) is 14.2 Å². The summed E-state index contributed by atoms with van der Waals surface area (Å²) in [4.78, 5) is 17.4. The first kappa shape index (κ1) is 21.3. The van der Waals surface area contributed by atoms with E-state index < -0.39 is 0 Å². The van der Waals surface area contributed by atoms with E-state index in [2.05, 4.69) is 29.7 Å². The van der Waals surface area contributed by atoms with Crippen molar-refractivity contribution in [1.82, 2.24) is 10.3 Å². The van der Waals surface area contributed by atoms with Crippen LogP contribution in [0.15, 0.2) is 60.7 Å². The zero-order chi connectivity index (χ0) is 21.8. The molecule has 0 saturated heterocycles. The Morgan fingerprint density at radius 1 is 0.968 bits per heavy atom. The van der Waals surface area contributed by atoms with Crippen LogP contribution >= 0.6 is 0 Å². The largest absolute Gasteiger partial charge is 0.379 e. The lowest BCUT2D eigenvalue weighted by molar-refractivity contribution is -0.0312. The Hall–Kier alpha value is -2.96. The Morgan fingerprint density at radius 2 is 1.61 bits per heavy atom. The van der Waals surface area contributed by atoms with Crippen LogP contribution in [0.2, 0.25) is 0 Å². The number of benzene rings is 2. The molecule has 2 unspecified atom stereocenters. The lowest BCUT2D eigenvalue weighted by Gasteiger charge is -2.41. The second-order valence-corrected chi connectivity index (χ2v) is 8.07. The average Bonchev–Trinajstić information content (AvgIpc) is 2.80. The number of methoxy groups -OCH3 is 2. The van der Waals surface area contributed by atoms with Gasteiger partial charge in [-0.1, -0.05) is 36.4 Å². The Balaban J connectivity index is 1.50. The van der Waals surface area contributed by atoms with Gasteiger partial charge in [0.25, 0.3) is 5.91 Å². The Bertz CT molecular complexity index is 1030. The minimum atomic E-state index is -0.131. The number of hydrogen-bond donors (Lipinski definition) is 2. The molecule has 0 radical (unpaired) electrons. The summed E-state index contributed by atoms with van der Waals surface area (Å²) in [5.41, 5.74) is 2.78. The third-order valence-corrected chi connectivity index (χ3v) is 6.05. The standard InChI is InChI=1S/C25H29N3O3/c1-16-13-23(27-20-12-8-7-11-19(16)20)28-24-21(30-2)14-18(15-22(24)31-3)26-25(29)17-9-5-4-6-10-17/h4-13,18,21-22,24H,14-15H2,1-3H3,(H,26,29)(H,27,28). The molecular weight excluding hydrogens is 390 g/mol. The Labute approximate surface area is 183 Å². The van der Waals surface area contributed by atoms with Crippen LogP contribution in [-0.4, -0.2) is 49.4 Å². The molecule has 1 fully saturated rings. The highest BCUT2D eigenvalue weighted by Gasteiger charge is 2.39. The van der Waals surface area contributed by atoms with E-state index in [1.165, 1.54) is 5.56 Å². The number of aryl methyl sites for hydroxylation is 1. The summed E-state index contributed by atoms with van der Waals surface area (Å²) in [6.07, 6.45) is 1.12. The molecule has 2 N–H and O–H groups in total. The molecule has 1 heterocycles. The Morgan fingerprint density at radius 3 is 2.29 bits per heavy atom. The number of pyridine rings is 1. The van der Waals surface area contributed by atoms with Crippen molar-refractivity contribution >= 4 is 22.6 Å². The highest BCUT2D eigenvalue weighted by Crippen LogP contribution is 2.28. The number of ether oxygens (including phenoxy) is 2. The maximum absolute atomic E-state index is 12.6. The maximum atomic E-state index is 12.6. The molecular formula is C25H29N3O3. The predicted octanol–water partition coefficient (Wildman–Crippen LogP) is 3.95. The molecule has 6 nitrogen and oxygen atoms in total. The first-order valence-corrected chi connectivity index (χ1v) is 10.6. The molecule has 1 aliphatic rings. The lowest BCUT2D eigenvalue weighted by Crippen LogP contribution is -2.56. The van der Waals surface area contributed by atoms with E-state index in [1.807, 2.05) is 48.5 Å². The molecule has 162 valence electrons. The van der Waals surface area contributed by atoms with Crippen LogP contribution in [0.4, 0.5) is 5.82 Å². The second-order valence-electron chi connectivity index (χ2n) is 8.07. The van der Waals surface area contributed by atoms with Gasteiger partial charge in [0.05, 0.1) is 23.8 Å². The summed E-state index contributed by atoms with van der Waals surface area (Å²) >= 11 is 0. The first-order chi connectivity index (χ1) is 15.1. The number of carbonyl (C=O) groups excluding carboxylic acids is 1. The fourth-order valence-electron chi connectivity index (χ4n) is 4.43. The van der Waals surface area contributed by atoms with E-state index in [0.717, 1.165) is 16.7 Å². The van der Waals surface area contributed by atoms with Gasteiger partial charge in [-0.2, -0.15) is 0 Å². The van der Waals surface area contributed by atoms with Crippen molar-refractivity contribution < 1.29 is 14.3 Å². The number of anilines is 1. The summed E-state index contributed by atoms with van der Waals surface area (Å²) in [5.74, 6) is 0.727. The molecule has 0 spiro atoms. The molecule has 0 aliphatic heterocycles. The summed E-state index contributed by atoms with van der Waals surface area (Å²) in [7, 11) is 3.40. The average molecular weight is 420 g/mol. The van der Waals surface area contributed by atoms with E-state index >= 15 is 0 Å². The number of nitrogens with one attached hydrogen (secondary N) is 2. The molecule has 1 aliphatic carbocycles. The highest BCUT2D eigenvalue weighted by molar-refractivity contribution is 5.94. The van der Waals surface area contributed by atoms with Crippen LogP contribution in [0.1, 0.15) is 28.8 Å². The van der Waals surface area contributed by atoms with Gasteiger partial charge in [0, 0.05) is 31.2 Å². The van der Waals surface area contributed by atoms with Crippen LogP contribution in [-0.2, 0) is 9.47 Å². The smallest absolute Gasteiger partial charge is 0.251 e. The minimum absolute atomic E-state index is 0.0352. The Kier molecular flexibility index (Phi) is 6.49. The zero-order valence-corrected chi connectivity index (χ0v) is 18.2. The molecule has 4 rings (SSSR count). The van der Waals surface area contributed by atoms with Crippen LogP contribution in [0.3, 0.4) is 0 Å². The fourth-order valence-corrected chi connectivity index (χ4v) is 4.43. The summed E-state index contributed by atoms with van der Waals surface area (Å²) < 4.78 is 11.6. The van der Waals surface area contributed by atoms with Gasteiger partial charge in [0.2, 0.25) is 0 Å². The van der Waals surface area contributed by atoms with E-state index in [9.17, 15) is 4.79 Å². The van der Waals surface area contributed by atoms with Gasteiger partial charge in [-0.15, -0.1) is 0 Å². The van der Waals surface area contributed by atoms with Gasteiger partial charge in [0.15, 0.2) is 0 Å². The molecule has 3 aromatic rings. The topological polar surface area (TPSA) is 72.5 Å². The molecule has 6 heteroatoms. The van der Waals surface area contributed by atoms with E-state index in [-0.39, 0.29) is 30.2 Å². The lowest BCUT2D eigenvalue weighted by atomic mass is 9.85. The number of rotatable bonds is 6. The van der Waals surface area contributed by atoms with Crippen molar-refractivity contribution in [2.24, 2.45) is 0 Å². The van der Waals surface area contributed by atoms with Gasteiger partial charge < -0.3 is 20.1 Å². The molecule has 1 amide bonds. The predicted molar refractivity (Wildman–Crippen MR) is 122 cm³/mol. The van der Waals surface area contributed by atoms with Crippen molar-refractivity contribution in [3.63, 3.8) is 0 Å². The van der Waals surface area contributed by atoms with Crippen LogP contribution < -0.4 is 10.6 Å². The maximum Gasteiger partial charge on any atom is 0.251 e. The molecule has 31 heavy (non-hydrogen) atoms. The molecule has 1 saturated carbocycles. The highest BCUT2D eigenvalue weighted by atomic mass is 16.5. The van der Waals surface area contributed by atoms with E-state index in [0.29, 0.717) is 18.4 Å². The molecule has 2 atom stereocenters. The molecule has 0 bridgehead atoms. The number of amides is 1. The normalized spacial score (nSPS) is 23.5.